The zero-order valence-corrected chi connectivity index (χ0v) is 12.4. The number of rotatable bonds is 4. The lowest BCUT2D eigenvalue weighted by Crippen LogP contribution is -2.30. The van der Waals surface area contributed by atoms with Crippen molar-refractivity contribution in [2.45, 2.75) is 20.4 Å². The number of carbonyl (C=O) groups excluding carboxylic acids is 1. The van der Waals surface area contributed by atoms with Crippen LogP contribution in [0.15, 0.2) is 42.6 Å². The predicted octanol–water partition coefficient (Wildman–Crippen LogP) is 3.71. The number of nitrogens with zero attached hydrogens (tertiary/aromatic N) is 2. The minimum absolute atomic E-state index is 0.0295. The Balaban J connectivity index is 2.15. The van der Waals surface area contributed by atoms with Crippen LogP contribution in [0.5, 0.6) is 0 Å². The van der Waals surface area contributed by atoms with Crippen LogP contribution in [0.4, 0.5) is 0 Å². The Morgan fingerprint density at radius 2 is 2.10 bits per heavy atom. The minimum Gasteiger partial charge on any atom is -0.335 e. The molecule has 0 bridgehead atoms. The van der Waals surface area contributed by atoms with E-state index in [2.05, 4.69) is 11.1 Å². The van der Waals surface area contributed by atoms with Crippen molar-refractivity contribution in [2.75, 3.05) is 6.54 Å². The Kier molecular flexibility index (Phi) is 4.74. The first-order valence-corrected chi connectivity index (χ1v) is 6.94. The van der Waals surface area contributed by atoms with Gasteiger partial charge in [-0.15, -0.1) is 0 Å². The van der Waals surface area contributed by atoms with Gasteiger partial charge in [-0.2, -0.15) is 0 Å². The molecule has 104 valence electrons. The summed E-state index contributed by atoms with van der Waals surface area (Å²) in [5.74, 6) is -0.0295. The van der Waals surface area contributed by atoms with Crippen molar-refractivity contribution in [3.63, 3.8) is 0 Å². The Labute approximate surface area is 124 Å². The van der Waals surface area contributed by atoms with E-state index in [9.17, 15) is 4.79 Å². The third-order valence-corrected chi connectivity index (χ3v) is 3.32. The summed E-state index contributed by atoms with van der Waals surface area (Å²) in [6.45, 7) is 5.26. The maximum absolute atomic E-state index is 12.4. The van der Waals surface area contributed by atoms with Crippen molar-refractivity contribution >= 4 is 17.5 Å². The number of halogens is 1. The van der Waals surface area contributed by atoms with Crippen LogP contribution in [0.2, 0.25) is 5.15 Å². The second-order valence-corrected chi connectivity index (χ2v) is 5.07. The van der Waals surface area contributed by atoms with Gasteiger partial charge in [0.2, 0.25) is 0 Å². The number of amides is 1. The summed E-state index contributed by atoms with van der Waals surface area (Å²) in [5.41, 5.74) is 2.88. The van der Waals surface area contributed by atoms with Crippen molar-refractivity contribution in [3.8, 4) is 0 Å². The van der Waals surface area contributed by atoms with Gasteiger partial charge in [0.1, 0.15) is 5.15 Å². The Morgan fingerprint density at radius 1 is 1.30 bits per heavy atom. The second kappa shape index (κ2) is 6.53. The quantitative estimate of drug-likeness (QED) is 0.804. The topological polar surface area (TPSA) is 33.2 Å². The number of carbonyl (C=O) groups is 1. The van der Waals surface area contributed by atoms with Crippen LogP contribution < -0.4 is 0 Å². The molecule has 0 aliphatic carbocycles. The molecule has 0 atom stereocenters. The first-order valence-electron chi connectivity index (χ1n) is 6.56. The maximum atomic E-state index is 12.4. The lowest BCUT2D eigenvalue weighted by molar-refractivity contribution is 0.0752. The summed E-state index contributed by atoms with van der Waals surface area (Å²) in [6, 6.07) is 11.5. The normalized spacial score (nSPS) is 10.3. The fourth-order valence-electron chi connectivity index (χ4n) is 2.04. The SMILES string of the molecule is CCN(Cc1cccc(C)c1)C(=O)c1ccc(Cl)nc1. The highest BCUT2D eigenvalue weighted by atomic mass is 35.5. The van der Waals surface area contributed by atoms with Crippen LogP contribution in [-0.2, 0) is 6.54 Å². The molecule has 0 fully saturated rings. The molecule has 4 heteroatoms. The highest BCUT2D eigenvalue weighted by molar-refractivity contribution is 6.29. The monoisotopic (exact) mass is 288 g/mol. The third kappa shape index (κ3) is 3.58. The molecule has 0 aliphatic rings. The summed E-state index contributed by atoms with van der Waals surface area (Å²) in [4.78, 5) is 18.2. The number of hydrogen-bond donors (Lipinski definition) is 0. The molecule has 1 amide bonds. The van der Waals surface area contributed by atoms with Crippen LogP contribution in [-0.4, -0.2) is 22.3 Å². The van der Waals surface area contributed by atoms with Crippen molar-refractivity contribution in [1.82, 2.24) is 9.88 Å². The van der Waals surface area contributed by atoms with Crippen molar-refractivity contribution < 1.29 is 4.79 Å². The van der Waals surface area contributed by atoms with Crippen molar-refractivity contribution in [3.05, 3.63) is 64.4 Å². The van der Waals surface area contributed by atoms with Crippen molar-refractivity contribution in [1.29, 1.82) is 0 Å². The summed E-state index contributed by atoms with van der Waals surface area (Å²) in [6.07, 6.45) is 1.52. The van der Waals surface area contributed by atoms with Gasteiger partial charge < -0.3 is 4.90 Å². The first-order chi connectivity index (χ1) is 9.60. The van der Waals surface area contributed by atoms with Crippen LogP contribution in [0.3, 0.4) is 0 Å². The molecule has 1 heterocycles. The summed E-state index contributed by atoms with van der Waals surface area (Å²) < 4.78 is 0. The molecule has 3 nitrogen and oxygen atoms in total. The molecule has 0 unspecified atom stereocenters. The standard InChI is InChI=1S/C16H17ClN2O/c1-3-19(11-13-6-4-5-12(2)9-13)16(20)14-7-8-15(17)18-10-14/h4-10H,3,11H2,1-2H3. The van der Waals surface area contributed by atoms with E-state index in [-0.39, 0.29) is 5.91 Å². The molecule has 0 N–H and O–H groups in total. The Morgan fingerprint density at radius 3 is 2.70 bits per heavy atom. The van der Waals surface area contributed by atoms with E-state index in [1.54, 1.807) is 17.0 Å². The van der Waals surface area contributed by atoms with Gasteiger partial charge >= 0.3 is 0 Å². The lowest BCUT2D eigenvalue weighted by Gasteiger charge is -2.21. The molecule has 0 saturated heterocycles. The van der Waals surface area contributed by atoms with Gasteiger partial charge in [-0.3, -0.25) is 4.79 Å². The van der Waals surface area contributed by atoms with E-state index < -0.39 is 0 Å². The van der Waals surface area contributed by atoms with E-state index in [4.69, 9.17) is 11.6 Å². The summed E-state index contributed by atoms with van der Waals surface area (Å²) >= 11 is 5.74. The number of aryl methyl sites for hydroxylation is 1. The van der Waals surface area contributed by atoms with Crippen LogP contribution in [0.1, 0.15) is 28.4 Å². The fourth-order valence-corrected chi connectivity index (χ4v) is 2.15. The molecule has 1 aromatic carbocycles. The van der Waals surface area contributed by atoms with Gasteiger partial charge in [0.05, 0.1) is 5.56 Å². The number of aromatic nitrogens is 1. The molecule has 2 aromatic rings. The lowest BCUT2D eigenvalue weighted by atomic mass is 10.1. The Hall–Kier alpha value is -1.87. The summed E-state index contributed by atoms with van der Waals surface area (Å²) in [5, 5.41) is 0.392. The number of pyridine rings is 1. The van der Waals surface area contributed by atoms with E-state index in [1.165, 1.54) is 11.8 Å². The van der Waals surface area contributed by atoms with Gasteiger partial charge in [-0.1, -0.05) is 41.4 Å². The van der Waals surface area contributed by atoms with E-state index in [1.807, 2.05) is 32.0 Å². The molecule has 0 spiro atoms. The van der Waals surface area contributed by atoms with Crippen LogP contribution in [0.25, 0.3) is 0 Å². The van der Waals surface area contributed by atoms with E-state index in [0.717, 1.165) is 5.56 Å². The Bertz CT molecular complexity index is 596. The molecule has 20 heavy (non-hydrogen) atoms. The molecule has 0 radical (unpaired) electrons. The average Bonchev–Trinajstić information content (AvgIpc) is 2.45. The number of benzene rings is 1. The smallest absolute Gasteiger partial charge is 0.255 e. The average molecular weight is 289 g/mol. The predicted molar refractivity (Wildman–Crippen MR) is 80.8 cm³/mol. The molecule has 2 rings (SSSR count). The van der Waals surface area contributed by atoms with E-state index in [0.29, 0.717) is 23.8 Å². The highest BCUT2D eigenvalue weighted by Gasteiger charge is 2.14. The number of hydrogen-bond acceptors (Lipinski definition) is 2. The van der Waals surface area contributed by atoms with Gasteiger partial charge in [0, 0.05) is 19.3 Å². The molecule has 1 aromatic heterocycles. The molecule has 0 aliphatic heterocycles. The zero-order valence-electron chi connectivity index (χ0n) is 11.6. The second-order valence-electron chi connectivity index (χ2n) is 4.68. The first kappa shape index (κ1) is 14.5. The van der Waals surface area contributed by atoms with Gasteiger partial charge in [-0.25, -0.2) is 4.98 Å². The van der Waals surface area contributed by atoms with E-state index >= 15 is 0 Å². The molecular formula is C16H17ClN2O. The van der Waals surface area contributed by atoms with Crippen LogP contribution in [0, 0.1) is 6.92 Å². The zero-order chi connectivity index (χ0) is 14.5. The summed E-state index contributed by atoms with van der Waals surface area (Å²) in [7, 11) is 0. The third-order valence-electron chi connectivity index (χ3n) is 3.10. The van der Waals surface area contributed by atoms with Gasteiger partial charge in [0.15, 0.2) is 0 Å². The van der Waals surface area contributed by atoms with Crippen molar-refractivity contribution in [2.24, 2.45) is 0 Å². The molecule has 0 saturated carbocycles. The highest BCUT2D eigenvalue weighted by Crippen LogP contribution is 2.12. The fraction of sp³-hybridized carbons (Fsp3) is 0.250. The van der Waals surface area contributed by atoms with Gasteiger partial charge in [0.25, 0.3) is 5.91 Å². The van der Waals surface area contributed by atoms with Crippen LogP contribution >= 0.6 is 11.6 Å². The minimum atomic E-state index is -0.0295. The maximum Gasteiger partial charge on any atom is 0.255 e. The molecular weight excluding hydrogens is 272 g/mol. The largest absolute Gasteiger partial charge is 0.335 e. The van der Waals surface area contributed by atoms with Gasteiger partial charge in [-0.05, 0) is 31.5 Å².